The molecule has 0 radical (unpaired) electrons. The minimum Gasteiger partial charge on any atom is -0.383 e. The fourth-order valence-electron chi connectivity index (χ4n) is 9.50. The maximum atomic E-state index is 14.1. The molecule has 7 rings (SSSR count). The third-order valence-corrected chi connectivity index (χ3v) is 19.8. The predicted molar refractivity (Wildman–Crippen MR) is 290 cm³/mol. The number of aryl methyl sites for hydroxylation is 2. The molecule has 0 saturated carbocycles. The second-order valence-electron chi connectivity index (χ2n) is 20.0. The van der Waals surface area contributed by atoms with Gasteiger partial charge in [0.1, 0.15) is 0 Å². The second kappa shape index (κ2) is 30.2. The summed E-state index contributed by atoms with van der Waals surface area (Å²) in [5.74, 6) is -11.4. The molecule has 0 spiro atoms. The summed E-state index contributed by atoms with van der Waals surface area (Å²) in [5, 5.41) is 9.30. The van der Waals surface area contributed by atoms with Gasteiger partial charge in [-0.2, -0.15) is 43.9 Å². The number of nitrogens with one attached hydrogen (secondary N) is 2. The van der Waals surface area contributed by atoms with Crippen LogP contribution in [0.25, 0.3) is 22.5 Å². The van der Waals surface area contributed by atoms with Crippen molar-refractivity contribution in [2.45, 2.75) is 120 Å². The highest BCUT2D eigenvalue weighted by Crippen LogP contribution is 2.42. The first-order valence-corrected chi connectivity index (χ1v) is 29.0. The molecule has 3 fully saturated rings. The fourth-order valence-corrected chi connectivity index (χ4v) is 13.4. The van der Waals surface area contributed by atoms with Gasteiger partial charge in [0.05, 0.1) is 34.4 Å². The van der Waals surface area contributed by atoms with Crippen LogP contribution in [-0.2, 0) is 61.2 Å². The number of likely N-dealkylation sites (tertiary alicyclic amines) is 2. The van der Waals surface area contributed by atoms with Gasteiger partial charge in [0.2, 0.25) is 0 Å². The Balaban J connectivity index is 0.000000356. The number of pyridine rings is 2. The van der Waals surface area contributed by atoms with E-state index >= 15 is 0 Å². The Morgan fingerprint density at radius 1 is 0.619 bits per heavy atom. The van der Waals surface area contributed by atoms with Crippen LogP contribution in [0.15, 0.2) is 95.0 Å². The molecule has 3 aliphatic heterocycles. The Bertz CT molecular complexity index is 2950. The lowest BCUT2D eigenvalue weighted by Crippen LogP contribution is -2.58. The lowest BCUT2D eigenvalue weighted by atomic mass is 9.95. The highest BCUT2D eigenvalue weighted by molar-refractivity contribution is 7.94. The molecule has 0 aliphatic carbocycles. The van der Waals surface area contributed by atoms with E-state index in [-0.39, 0.29) is 71.4 Å². The van der Waals surface area contributed by atoms with E-state index in [9.17, 15) is 75.5 Å². The quantitative estimate of drug-likeness (QED) is 0.0380. The van der Waals surface area contributed by atoms with Crippen molar-refractivity contribution >= 4 is 56.3 Å². The maximum absolute atomic E-state index is 14.1. The zero-order chi connectivity index (χ0) is 60.2. The van der Waals surface area contributed by atoms with Crippen LogP contribution in [0.1, 0.15) is 68.9 Å². The number of alkyl halides is 10. The summed E-state index contributed by atoms with van der Waals surface area (Å²) in [6.07, 6.45) is -11.1. The molecule has 3 aliphatic rings. The van der Waals surface area contributed by atoms with Gasteiger partial charge in [0.25, 0.3) is 11.8 Å². The summed E-state index contributed by atoms with van der Waals surface area (Å²) in [6.45, 7) is 3.85. The van der Waals surface area contributed by atoms with Crippen molar-refractivity contribution in [1.29, 1.82) is 0 Å². The first-order valence-electron chi connectivity index (χ1n) is 26.0. The van der Waals surface area contributed by atoms with Crippen molar-refractivity contribution in [3.8, 4) is 22.5 Å². The SMILES string of the molecule is COCCN1CCC(C(=O)NO)(S(=O)(=O)c2ccc(-c3ccc(CCC(F)(F)C(F)(F)F)cn3)cc2)CC1.COCCN1CCC(C(=O)NOC2CCCCO2)(S(=O)(=O)c2ccc(-c3ccc(CCC(F)(F)C(F)(F)F)cn3)cc2)CC1.Cl.Cl. The van der Waals surface area contributed by atoms with Gasteiger partial charge in [-0.1, -0.05) is 36.4 Å². The highest BCUT2D eigenvalue weighted by atomic mass is 35.5. The number of hydrogen-bond acceptors (Lipinski definition) is 15. The number of ether oxygens (including phenoxy) is 3. The topological polar surface area (TPSA) is 216 Å². The Morgan fingerprint density at radius 3 is 1.33 bits per heavy atom. The number of hydroxylamine groups is 2. The van der Waals surface area contributed by atoms with Gasteiger partial charge < -0.3 is 24.0 Å². The lowest BCUT2D eigenvalue weighted by Gasteiger charge is -2.40. The molecule has 2 amide bonds. The second-order valence-corrected chi connectivity index (χ2v) is 24.5. The molecule has 3 N–H and O–H groups in total. The third kappa shape index (κ3) is 17.0. The van der Waals surface area contributed by atoms with Crippen LogP contribution >= 0.6 is 24.8 Å². The van der Waals surface area contributed by atoms with E-state index in [2.05, 4.69) is 15.4 Å². The van der Waals surface area contributed by atoms with Gasteiger partial charge >= 0.3 is 24.2 Å². The largest absolute Gasteiger partial charge is 0.453 e. The molecular formula is C53H66Cl2F10N6O11S2. The van der Waals surface area contributed by atoms with Crippen LogP contribution in [0.4, 0.5) is 43.9 Å². The molecule has 5 heterocycles. The van der Waals surface area contributed by atoms with Gasteiger partial charge in [-0.3, -0.25) is 24.8 Å². The van der Waals surface area contributed by atoms with Crippen molar-refractivity contribution in [3.63, 3.8) is 0 Å². The zero-order valence-corrected chi connectivity index (χ0v) is 48.8. The molecule has 31 heteroatoms. The molecule has 470 valence electrons. The number of carbonyl (C=O) groups is 2. The van der Waals surface area contributed by atoms with Crippen molar-refractivity contribution in [2.75, 3.05) is 73.3 Å². The highest BCUT2D eigenvalue weighted by Gasteiger charge is 2.58. The normalized spacial score (nSPS) is 18.0. The van der Waals surface area contributed by atoms with Gasteiger partial charge in [-0.25, -0.2) is 32.6 Å². The minimum absolute atomic E-state index is 0. The summed E-state index contributed by atoms with van der Waals surface area (Å²) in [5.41, 5.74) is 5.90. The zero-order valence-electron chi connectivity index (χ0n) is 45.5. The summed E-state index contributed by atoms with van der Waals surface area (Å²) >= 11 is 0. The summed E-state index contributed by atoms with van der Waals surface area (Å²) < 4.78 is 195. The molecule has 2 aromatic carbocycles. The van der Waals surface area contributed by atoms with E-state index in [1.54, 1.807) is 14.2 Å². The number of benzene rings is 2. The van der Waals surface area contributed by atoms with E-state index in [0.717, 1.165) is 12.8 Å². The van der Waals surface area contributed by atoms with Gasteiger partial charge in [0.15, 0.2) is 35.5 Å². The first-order chi connectivity index (χ1) is 38.6. The summed E-state index contributed by atoms with van der Waals surface area (Å²) in [7, 11) is -5.34. The number of sulfone groups is 2. The molecule has 1 unspecified atom stereocenters. The Hall–Kier alpha value is -4.82. The van der Waals surface area contributed by atoms with E-state index in [0.29, 0.717) is 88.0 Å². The number of rotatable bonds is 22. The van der Waals surface area contributed by atoms with Crippen molar-refractivity contribution < 1.29 is 94.6 Å². The van der Waals surface area contributed by atoms with Crippen LogP contribution < -0.4 is 11.0 Å². The summed E-state index contributed by atoms with van der Waals surface area (Å²) in [6, 6.07) is 16.9. The fraction of sp³-hybridized carbons (Fsp3) is 0.547. The van der Waals surface area contributed by atoms with Gasteiger partial charge in [-0.15, -0.1) is 24.8 Å². The average molecular weight is 1290 g/mol. The Morgan fingerprint density at radius 2 is 1.01 bits per heavy atom. The number of aromatic nitrogens is 2. The molecule has 0 bridgehead atoms. The Kier molecular flexibility index (Phi) is 25.8. The van der Waals surface area contributed by atoms with E-state index in [1.165, 1.54) is 90.7 Å². The standard InChI is InChI=1S/C29H36F5N3O6S.C24H28F5N3O5S.2ClH/c1-41-19-17-37-15-13-27(14-16-37,26(38)36-43-25-4-2-3-18-42-25)44(39,40)23-8-6-22(7-9-23)24-10-5-21(20-35-24)11-12-28(30,31)29(32,33)34;1-37-15-14-32-12-10-22(11-13-32,21(33)31-34)38(35,36)19-5-3-18(4-6-19)20-7-2-17(16-30-20)8-9-23(25,26)24(27,28)29;;/h5-10,20,25H,2-4,11-19H2,1H3,(H,36,38);2-7,16,34H,8-15H2,1H3,(H,31,33);2*1H. The van der Waals surface area contributed by atoms with Gasteiger partial charge in [0, 0.05) is 103 Å². The number of hydrogen-bond donors (Lipinski definition) is 3. The first kappa shape index (κ1) is 71.7. The van der Waals surface area contributed by atoms with Crippen LogP contribution in [0, 0.1) is 0 Å². The Labute approximate surface area is 492 Å². The van der Waals surface area contributed by atoms with Crippen molar-refractivity contribution in [1.82, 2.24) is 30.7 Å². The maximum Gasteiger partial charge on any atom is 0.453 e. The number of methoxy groups -OCH3 is 2. The number of amides is 2. The van der Waals surface area contributed by atoms with Crippen LogP contribution in [0.2, 0.25) is 0 Å². The summed E-state index contributed by atoms with van der Waals surface area (Å²) in [4.78, 5) is 43.7. The molecular weight excluding hydrogens is 1220 g/mol. The molecule has 3 saturated heterocycles. The van der Waals surface area contributed by atoms with Crippen LogP contribution in [0.3, 0.4) is 0 Å². The molecule has 2 aromatic heterocycles. The number of carbonyl (C=O) groups excluding carboxylic acids is 2. The minimum atomic E-state index is -5.63. The van der Waals surface area contributed by atoms with Gasteiger partial charge in [-0.05, 0) is 98.9 Å². The van der Waals surface area contributed by atoms with E-state index in [1.807, 2.05) is 9.80 Å². The monoisotopic (exact) mass is 1290 g/mol. The molecule has 1 atom stereocenters. The lowest BCUT2D eigenvalue weighted by molar-refractivity contribution is -0.284. The third-order valence-electron chi connectivity index (χ3n) is 14.8. The van der Waals surface area contributed by atoms with Crippen molar-refractivity contribution in [2.24, 2.45) is 0 Å². The number of halogens is 12. The van der Waals surface area contributed by atoms with Crippen LogP contribution in [-0.4, -0.2) is 167 Å². The average Bonchev–Trinajstić information content (AvgIpc) is 2.88. The number of nitrogens with zero attached hydrogens (tertiary/aromatic N) is 4. The molecule has 84 heavy (non-hydrogen) atoms. The van der Waals surface area contributed by atoms with Crippen LogP contribution in [0.5, 0.6) is 0 Å². The smallest absolute Gasteiger partial charge is 0.383 e. The predicted octanol–water partition coefficient (Wildman–Crippen LogP) is 9.19. The van der Waals surface area contributed by atoms with E-state index < -0.39 is 97.2 Å². The molecule has 17 nitrogen and oxygen atoms in total. The van der Waals surface area contributed by atoms with E-state index in [4.69, 9.17) is 19.0 Å². The molecule has 4 aromatic rings. The van der Waals surface area contributed by atoms with Crippen molar-refractivity contribution in [3.05, 3.63) is 96.3 Å². The number of piperidine rings is 2.